The Morgan fingerprint density at radius 3 is 2.40 bits per heavy atom. The monoisotopic (exact) mass is 286 g/mol. The molecule has 0 unspecified atom stereocenters. The first-order chi connectivity index (χ1) is 9.59. The van der Waals surface area contributed by atoms with Crippen LogP contribution in [0.15, 0.2) is 48.5 Å². The highest BCUT2D eigenvalue weighted by molar-refractivity contribution is 7.99. The van der Waals surface area contributed by atoms with Crippen LogP contribution in [0.3, 0.4) is 0 Å². The van der Waals surface area contributed by atoms with Gasteiger partial charge in [0.15, 0.2) is 0 Å². The van der Waals surface area contributed by atoms with Crippen LogP contribution in [0.1, 0.15) is 21.5 Å². The predicted octanol–water partition coefficient (Wildman–Crippen LogP) is 3.21. The average molecular weight is 286 g/mol. The number of hydrogen-bond acceptors (Lipinski definition) is 3. The molecule has 0 aliphatic carbocycles. The molecule has 4 heteroatoms. The quantitative estimate of drug-likeness (QED) is 0.521. The molecule has 2 rings (SSSR count). The second kappa shape index (κ2) is 6.39. The number of para-hydroxylation sites is 1. The molecule has 0 aliphatic rings. The van der Waals surface area contributed by atoms with Gasteiger partial charge in [-0.05, 0) is 18.6 Å². The molecule has 20 heavy (non-hydrogen) atoms. The topological polar surface area (TPSA) is 43.4 Å². The summed E-state index contributed by atoms with van der Waals surface area (Å²) in [5.74, 6) is 0.143. The normalized spacial score (nSPS) is 10.1. The van der Waals surface area contributed by atoms with Gasteiger partial charge in [0.05, 0.1) is 0 Å². The molecule has 0 radical (unpaired) electrons. The molecule has 0 aromatic heterocycles. The molecule has 102 valence electrons. The highest BCUT2D eigenvalue weighted by Gasteiger charge is 2.16. The van der Waals surface area contributed by atoms with E-state index in [1.807, 2.05) is 31.2 Å². The first-order valence-corrected chi connectivity index (χ1v) is 6.58. The maximum Gasteiger partial charge on any atom is 0.256 e. The van der Waals surface area contributed by atoms with Crippen LogP contribution in [0.4, 0.5) is 0 Å². The number of rotatable bonds is 5. The molecule has 0 atom stereocenters. The molecule has 0 aliphatic heterocycles. The van der Waals surface area contributed by atoms with Crippen molar-refractivity contribution in [3.8, 4) is 5.75 Å². The Morgan fingerprint density at radius 1 is 1.05 bits per heavy atom. The number of aryl methyl sites for hydroxylation is 1. The molecule has 0 N–H and O–H groups in total. The zero-order chi connectivity index (χ0) is 14.5. The molecular weight excluding hydrogens is 272 g/mol. The van der Waals surface area contributed by atoms with Crippen LogP contribution >= 0.6 is 12.6 Å². The van der Waals surface area contributed by atoms with E-state index in [2.05, 4.69) is 12.6 Å². The van der Waals surface area contributed by atoms with Crippen LogP contribution in [0.5, 0.6) is 5.75 Å². The first-order valence-electron chi connectivity index (χ1n) is 6.13. The van der Waals surface area contributed by atoms with Crippen LogP contribution in [0, 0.1) is 6.92 Å². The van der Waals surface area contributed by atoms with E-state index in [0.29, 0.717) is 11.1 Å². The van der Waals surface area contributed by atoms with E-state index in [1.54, 1.807) is 24.3 Å². The Kier molecular flexibility index (Phi) is 4.58. The zero-order valence-corrected chi connectivity index (χ0v) is 11.9. The number of Topliss-reactive ketones (excluding diaryl/α,β-unsaturated/α-hetero) is 1. The summed E-state index contributed by atoms with van der Waals surface area (Å²) in [6.45, 7) is 2.18. The fourth-order valence-electron chi connectivity index (χ4n) is 1.86. The van der Waals surface area contributed by atoms with E-state index >= 15 is 0 Å². The van der Waals surface area contributed by atoms with Crippen molar-refractivity contribution in [2.24, 2.45) is 0 Å². The van der Waals surface area contributed by atoms with Crippen LogP contribution in [0.25, 0.3) is 0 Å². The van der Waals surface area contributed by atoms with Gasteiger partial charge in [0.1, 0.15) is 12.4 Å². The Hall–Kier alpha value is -2.07. The van der Waals surface area contributed by atoms with Crippen molar-refractivity contribution in [2.45, 2.75) is 13.5 Å². The predicted molar refractivity (Wildman–Crippen MR) is 80.3 cm³/mol. The smallest absolute Gasteiger partial charge is 0.256 e. The third-order valence-electron chi connectivity index (χ3n) is 2.93. The molecule has 0 saturated heterocycles. The number of ketones is 1. The highest BCUT2D eigenvalue weighted by Crippen LogP contribution is 2.19. The van der Waals surface area contributed by atoms with Gasteiger partial charge in [-0.2, -0.15) is 0 Å². The van der Waals surface area contributed by atoms with E-state index in [4.69, 9.17) is 4.74 Å². The van der Waals surface area contributed by atoms with Crippen molar-refractivity contribution >= 4 is 23.5 Å². The Balaban J connectivity index is 2.20. The van der Waals surface area contributed by atoms with E-state index in [9.17, 15) is 9.59 Å². The molecule has 0 heterocycles. The summed E-state index contributed by atoms with van der Waals surface area (Å²) < 4.78 is 5.70. The van der Waals surface area contributed by atoms with Gasteiger partial charge in [-0.25, -0.2) is 0 Å². The van der Waals surface area contributed by atoms with Crippen LogP contribution in [0.2, 0.25) is 0 Å². The largest absolute Gasteiger partial charge is 0.489 e. The van der Waals surface area contributed by atoms with E-state index in [0.717, 1.165) is 11.3 Å². The van der Waals surface area contributed by atoms with E-state index < -0.39 is 10.9 Å². The lowest BCUT2D eigenvalue weighted by Gasteiger charge is -2.11. The van der Waals surface area contributed by atoms with Crippen LogP contribution < -0.4 is 4.74 Å². The van der Waals surface area contributed by atoms with Gasteiger partial charge >= 0.3 is 0 Å². The molecule has 3 nitrogen and oxygen atoms in total. The molecule has 0 amide bonds. The van der Waals surface area contributed by atoms with Gasteiger partial charge in [0.25, 0.3) is 5.12 Å². The fraction of sp³-hybridized carbons (Fsp3) is 0.125. The summed E-state index contributed by atoms with van der Waals surface area (Å²) in [7, 11) is 0. The molecule has 2 aromatic carbocycles. The summed E-state index contributed by atoms with van der Waals surface area (Å²) in [5, 5.41) is -0.770. The number of ether oxygens (including phenoxy) is 1. The number of thiol groups is 1. The van der Waals surface area contributed by atoms with Crippen molar-refractivity contribution in [3.63, 3.8) is 0 Å². The van der Waals surface area contributed by atoms with Crippen LogP contribution in [-0.2, 0) is 11.4 Å². The minimum absolute atomic E-state index is 0.230. The Morgan fingerprint density at radius 2 is 1.70 bits per heavy atom. The summed E-state index contributed by atoms with van der Waals surface area (Å²) >= 11 is 3.58. The molecular formula is C16H14O3S. The SMILES string of the molecule is Cc1ccccc1OCc1ccccc1C(=O)C(=O)S. The van der Waals surface area contributed by atoms with Crippen molar-refractivity contribution in [1.29, 1.82) is 0 Å². The summed E-state index contributed by atoms with van der Waals surface area (Å²) in [5.41, 5.74) is 2.02. The van der Waals surface area contributed by atoms with Gasteiger partial charge in [0, 0.05) is 11.1 Å². The molecule has 2 aromatic rings. The summed E-state index contributed by atoms with van der Waals surface area (Å²) in [4.78, 5) is 22.9. The first kappa shape index (κ1) is 14.3. The second-order valence-electron chi connectivity index (χ2n) is 4.35. The number of benzene rings is 2. The zero-order valence-electron chi connectivity index (χ0n) is 11.0. The minimum Gasteiger partial charge on any atom is -0.489 e. The third kappa shape index (κ3) is 3.27. The van der Waals surface area contributed by atoms with Gasteiger partial charge < -0.3 is 4.74 Å². The lowest BCUT2D eigenvalue weighted by atomic mass is 10.0. The van der Waals surface area contributed by atoms with Crippen LogP contribution in [-0.4, -0.2) is 10.9 Å². The Labute approximate surface area is 123 Å². The lowest BCUT2D eigenvalue weighted by molar-refractivity contribution is -0.107. The van der Waals surface area contributed by atoms with E-state index in [-0.39, 0.29) is 6.61 Å². The van der Waals surface area contributed by atoms with Gasteiger partial charge in [-0.3, -0.25) is 9.59 Å². The summed E-state index contributed by atoms with van der Waals surface area (Å²) in [6.07, 6.45) is 0. The number of carbonyl (C=O) groups excluding carboxylic acids is 2. The second-order valence-corrected chi connectivity index (χ2v) is 4.75. The highest BCUT2D eigenvalue weighted by atomic mass is 32.1. The van der Waals surface area contributed by atoms with Crippen molar-refractivity contribution in [1.82, 2.24) is 0 Å². The molecule has 0 fully saturated rings. The maximum atomic E-state index is 11.8. The van der Waals surface area contributed by atoms with Crippen molar-refractivity contribution in [3.05, 3.63) is 65.2 Å². The van der Waals surface area contributed by atoms with Crippen molar-refractivity contribution < 1.29 is 14.3 Å². The fourth-order valence-corrected chi connectivity index (χ4v) is 1.98. The number of hydrogen-bond donors (Lipinski definition) is 1. The van der Waals surface area contributed by atoms with Gasteiger partial charge in [-0.1, -0.05) is 55.1 Å². The van der Waals surface area contributed by atoms with Crippen molar-refractivity contribution in [2.75, 3.05) is 0 Å². The standard InChI is InChI=1S/C16H14O3S/c1-11-6-2-5-9-14(11)19-10-12-7-3-4-8-13(12)15(17)16(18)20/h2-9H,10H2,1H3,(H,18,20). The molecule has 0 bridgehead atoms. The molecule has 0 spiro atoms. The maximum absolute atomic E-state index is 11.8. The lowest BCUT2D eigenvalue weighted by Crippen LogP contribution is -2.12. The summed E-state index contributed by atoms with van der Waals surface area (Å²) in [6, 6.07) is 14.5. The number of carbonyl (C=O) groups is 2. The Bertz CT molecular complexity index is 650. The van der Waals surface area contributed by atoms with Gasteiger partial charge in [0.2, 0.25) is 5.78 Å². The van der Waals surface area contributed by atoms with Gasteiger partial charge in [-0.15, -0.1) is 0 Å². The third-order valence-corrected chi connectivity index (χ3v) is 3.14. The minimum atomic E-state index is -0.770. The molecule has 0 saturated carbocycles. The average Bonchev–Trinajstić information content (AvgIpc) is 2.46. The van der Waals surface area contributed by atoms with E-state index in [1.165, 1.54) is 0 Å².